The fraction of sp³-hybridized carbons (Fsp3) is 0.657. The van der Waals surface area contributed by atoms with Crippen molar-refractivity contribution in [3.63, 3.8) is 0 Å². The number of hydrogen-bond donors (Lipinski definition) is 4. The first kappa shape index (κ1) is 41.6. The molecule has 0 aromatic heterocycles. The van der Waals surface area contributed by atoms with Gasteiger partial charge in [0.2, 0.25) is 11.9 Å². The first-order valence-electron chi connectivity index (χ1n) is 17.2. The summed E-state index contributed by atoms with van der Waals surface area (Å²) in [5, 5.41) is 10.3. The second kappa shape index (κ2) is 19.6. The number of guanidine groups is 2. The van der Waals surface area contributed by atoms with Gasteiger partial charge in [-0.05, 0) is 94.1 Å². The molecule has 0 radical (unpaired) electrons. The van der Waals surface area contributed by atoms with E-state index in [9.17, 15) is 19.2 Å². The van der Waals surface area contributed by atoms with Gasteiger partial charge in [0.1, 0.15) is 22.6 Å². The van der Waals surface area contributed by atoms with Crippen molar-refractivity contribution in [3.8, 4) is 5.75 Å². The Hall–Kier alpha value is -4.56. The lowest BCUT2D eigenvalue weighted by Gasteiger charge is -2.24. The number of fused-ring (bicyclic) bond motifs is 1. The zero-order chi connectivity index (χ0) is 37.4. The molecule has 0 bridgehead atoms. The third-order valence-corrected chi connectivity index (χ3v) is 6.44. The van der Waals surface area contributed by atoms with Gasteiger partial charge in [0.05, 0.1) is 13.2 Å². The van der Waals surface area contributed by atoms with Gasteiger partial charge in [-0.25, -0.2) is 24.2 Å². The summed E-state index contributed by atoms with van der Waals surface area (Å²) in [5.41, 5.74) is -1.47. The van der Waals surface area contributed by atoms with Crippen molar-refractivity contribution in [2.75, 3.05) is 26.2 Å². The summed E-state index contributed by atoms with van der Waals surface area (Å²) < 4.78 is 22.0. The van der Waals surface area contributed by atoms with Gasteiger partial charge < -0.3 is 23.8 Å². The molecule has 0 unspecified atom stereocenters. The van der Waals surface area contributed by atoms with E-state index >= 15 is 0 Å². The number of carbonyl (C=O) groups excluding carboxylic acids is 4. The molecule has 15 nitrogen and oxygen atoms in total. The largest absolute Gasteiger partial charge is 0.493 e. The predicted molar refractivity (Wildman–Crippen MR) is 191 cm³/mol. The summed E-state index contributed by atoms with van der Waals surface area (Å²) in [6.45, 7) is 17.3. The van der Waals surface area contributed by atoms with E-state index in [1.807, 2.05) is 24.3 Å². The van der Waals surface area contributed by atoms with Gasteiger partial charge in [-0.3, -0.25) is 26.3 Å². The highest BCUT2D eigenvalue weighted by Gasteiger charge is 2.23. The Morgan fingerprint density at radius 1 is 0.840 bits per heavy atom. The van der Waals surface area contributed by atoms with Crippen LogP contribution in [0.3, 0.4) is 0 Å². The number of carbonyl (C=O) groups is 4. The van der Waals surface area contributed by atoms with Crippen LogP contribution >= 0.6 is 0 Å². The molecule has 2 rings (SSSR count). The van der Waals surface area contributed by atoms with Crippen molar-refractivity contribution in [2.24, 2.45) is 9.98 Å². The molecule has 1 heterocycles. The Kier molecular flexibility index (Phi) is 16.3. The number of alkyl carbamates (subject to hydrolysis) is 3. The molecule has 4 N–H and O–H groups in total. The molecule has 0 saturated heterocycles. The minimum absolute atomic E-state index is 0.0467. The predicted octanol–water partition coefficient (Wildman–Crippen LogP) is 6.22. The first-order valence-corrected chi connectivity index (χ1v) is 17.2. The number of nitrogens with one attached hydrogen (secondary N) is 4. The van der Waals surface area contributed by atoms with E-state index in [2.05, 4.69) is 31.3 Å². The van der Waals surface area contributed by atoms with Gasteiger partial charge in [-0.15, -0.1) is 0 Å². The van der Waals surface area contributed by atoms with Crippen LogP contribution in [-0.2, 0) is 20.8 Å². The average Bonchev–Trinajstić information content (AvgIpc) is 2.95. The van der Waals surface area contributed by atoms with Crippen molar-refractivity contribution in [1.82, 2.24) is 26.2 Å². The van der Waals surface area contributed by atoms with Crippen LogP contribution in [0, 0.1) is 0 Å². The molecule has 50 heavy (non-hydrogen) atoms. The lowest BCUT2D eigenvalue weighted by atomic mass is 10.2. The number of ether oxygens (including phenoxy) is 4. The van der Waals surface area contributed by atoms with Gasteiger partial charge >= 0.3 is 24.3 Å². The number of hydrogen-bond acceptors (Lipinski definition) is 10. The lowest BCUT2D eigenvalue weighted by Crippen LogP contribution is -2.50. The summed E-state index contributed by atoms with van der Waals surface area (Å²) in [5.74, 6) is 0.541. The van der Waals surface area contributed by atoms with Crippen molar-refractivity contribution >= 4 is 36.2 Å². The van der Waals surface area contributed by atoms with Crippen molar-refractivity contribution < 1.29 is 38.1 Å². The SMILES string of the molecule is CC(C)(C)OC(=O)NC(=NCCCCN1CCCCCCOc2ccccc2CN=C(NC(=O)OC(C)(C)C)NC1=O)NC(=O)OC(C)(C)C. The molecule has 0 saturated carbocycles. The van der Waals surface area contributed by atoms with Gasteiger partial charge in [-0.2, -0.15) is 0 Å². The maximum Gasteiger partial charge on any atom is 0.414 e. The molecular formula is C35H57N7O8. The monoisotopic (exact) mass is 703 g/mol. The number of para-hydroxylation sites is 1. The van der Waals surface area contributed by atoms with Crippen molar-refractivity contribution in [3.05, 3.63) is 29.8 Å². The first-order chi connectivity index (χ1) is 23.3. The molecule has 0 atom stereocenters. The van der Waals surface area contributed by atoms with Crippen LogP contribution in [0.5, 0.6) is 5.75 Å². The molecule has 280 valence electrons. The molecule has 1 aliphatic heterocycles. The molecule has 1 aromatic rings. The minimum atomic E-state index is -0.780. The van der Waals surface area contributed by atoms with Crippen LogP contribution in [0.2, 0.25) is 0 Å². The topological polar surface area (TPSA) is 181 Å². The average molecular weight is 704 g/mol. The molecule has 0 spiro atoms. The second-order valence-electron chi connectivity index (χ2n) is 14.8. The van der Waals surface area contributed by atoms with Crippen LogP contribution in [0.15, 0.2) is 34.3 Å². The molecule has 1 aromatic carbocycles. The number of aliphatic imine (C=N–C) groups is 2. The molecule has 0 fully saturated rings. The lowest BCUT2D eigenvalue weighted by molar-refractivity contribution is 0.0534. The van der Waals surface area contributed by atoms with E-state index in [1.165, 1.54) is 0 Å². The van der Waals surface area contributed by atoms with E-state index in [0.717, 1.165) is 31.2 Å². The maximum atomic E-state index is 13.6. The van der Waals surface area contributed by atoms with Crippen LogP contribution in [-0.4, -0.2) is 84.2 Å². The van der Waals surface area contributed by atoms with Gasteiger partial charge in [0.25, 0.3) is 0 Å². The Balaban J connectivity index is 2.17. The highest BCUT2D eigenvalue weighted by Crippen LogP contribution is 2.20. The fourth-order valence-electron chi connectivity index (χ4n) is 4.40. The van der Waals surface area contributed by atoms with Crippen LogP contribution in [0.1, 0.15) is 106 Å². The molecule has 15 heteroatoms. The van der Waals surface area contributed by atoms with Crippen LogP contribution < -0.4 is 26.0 Å². The Bertz CT molecular complexity index is 1310. The summed E-state index contributed by atoms with van der Waals surface area (Å²) >= 11 is 0. The normalized spacial score (nSPS) is 14.9. The number of amides is 5. The summed E-state index contributed by atoms with van der Waals surface area (Å²) in [6.07, 6.45) is 2.22. The zero-order valence-corrected chi connectivity index (χ0v) is 31.2. The van der Waals surface area contributed by atoms with Gasteiger partial charge in [0, 0.05) is 25.2 Å². The van der Waals surface area contributed by atoms with Gasteiger partial charge in [0.15, 0.2) is 0 Å². The van der Waals surface area contributed by atoms with E-state index in [0.29, 0.717) is 38.3 Å². The Morgan fingerprint density at radius 2 is 1.42 bits per heavy atom. The molecule has 0 aliphatic carbocycles. The number of rotatable bonds is 5. The molecular weight excluding hydrogens is 646 g/mol. The van der Waals surface area contributed by atoms with E-state index < -0.39 is 41.1 Å². The van der Waals surface area contributed by atoms with E-state index in [-0.39, 0.29) is 25.0 Å². The highest BCUT2D eigenvalue weighted by molar-refractivity contribution is 6.03. The highest BCUT2D eigenvalue weighted by atomic mass is 16.6. The van der Waals surface area contributed by atoms with Crippen LogP contribution in [0.4, 0.5) is 19.2 Å². The second-order valence-corrected chi connectivity index (χ2v) is 14.8. The zero-order valence-electron chi connectivity index (χ0n) is 31.2. The Morgan fingerprint density at radius 3 is 2.04 bits per heavy atom. The summed E-state index contributed by atoms with van der Waals surface area (Å²) in [7, 11) is 0. The van der Waals surface area contributed by atoms with Crippen LogP contribution in [0.25, 0.3) is 0 Å². The minimum Gasteiger partial charge on any atom is -0.493 e. The maximum absolute atomic E-state index is 13.6. The molecule has 1 aliphatic rings. The third kappa shape index (κ3) is 18.8. The van der Waals surface area contributed by atoms with Gasteiger partial charge in [-0.1, -0.05) is 31.0 Å². The number of urea groups is 1. The number of nitrogens with zero attached hydrogens (tertiary/aromatic N) is 3. The van der Waals surface area contributed by atoms with Crippen molar-refractivity contribution in [2.45, 2.75) is 124 Å². The molecule has 5 amide bonds. The van der Waals surface area contributed by atoms with E-state index in [4.69, 9.17) is 18.9 Å². The smallest absolute Gasteiger partial charge is 0.414 e. The fourth-order valence-corrected chi connectivity index (χ4v) is 4.40. The standard InChI is InChI=1S/C35H57N7O8/c1-33(2,3)48-30(44)39-27(40-31(45)49-34(4,5)6)36-20-14-16-22-42-21-15-10-11-17-23-47-26-19-13-12-18-25(26)24-37-28(38-29(42)43)41-32(46)50-35(7,8)9/h12-13,18-19H,10-11,14-17,20-24H2,1-9H3,(H2,36,39,40,44,45)(H2,37,38,41,43,46). The van der Waals surface area contributed by atoms with E-state index in [1.54, 1.807) is 67.2 Å². The van der Waals surface area contributed by atoms with Crippen molar-refractivity contribution in [1.29, 1.82) is 0 Å². The summed E-state index contributed by atoms with van der Waals surface area (Å²) in [4.78, 5) is 61.6. The summed E-state index contributed by atoms with van der Waals surface area (Å²) in [6, 6.07) is 7.09. The number of benzene rings is 1. The third-order valence-electron chi connectivity index (χ3n) is 6.44. The number of unbranched alkanes of at least 4 members (excludes halogenated alkanes) is 1. The Labute approximate surface area is 296 Å². The quantitative estimate of drug-likeness (QED) is 0.121.